The first-order chi connectivity index (χ1) is 9.83. The fourth-order valence-electron chi connectivity index (χ4n) is 2.19. The molecule has 0 saturated carbocycles. The van der Waals surface area contributed by atoms with Crippen molar-refractivity contribution < 1.29 is 14.9 Å². The summed E-state index contributed by atoms with van der Waals surface area (Å²) in [4.78, 5) is 0. The molecule has 0 fully saturated rings. The lowest BCUT2D eigenvalue weighted by Gasteiger charge is -2.10. The Kier molecular flexibility index (Phi) is 5.80. The lowest BCUT2D eigenvalue weighted by atomic mass is 10.0. The van der Waals surface area contributed by atoms with E-state index < -0.39 is 0 Å². The van der Waals surface area contributed by atoms with Crippen molar-refractivity contribution in [1.82, 2.24) is 5.32 Å². The van der Waals surface area contributed by atoms with Crippen molar-refractivity contribution in [3.05, 3.63) is 42.0 Å². The highest BCUT2D eigenvalue weighted by molar-refractivity contribution is 5.87. The van der Waals surface area contributed by atoms with E-state index in [2.05, 4.69) is 5.32 Å². The molecular formula is C16H21NO3. The van der Waals surface area contributed by atoms with Crippen LogP contribution in [0.2, 0.25) is 0 Å². The number of fused-ring (bicyclic) bond motifs is 1. The van der Waals surface area contributed by atoms with Gasteiger partial charge in [0.15, 0.2) is 0 Å². The maximum atomic E-state index is 9.99. The number of phenols is 1. The number of nitrogens with one attached hydrogen (secondary N) is 1. The van der Waals surface area contributed by atoms with Gasteiger partial charge in [-0.2, -0.15) is 0 Å². The van der Waals surface area contributed by atoms with E-state index in [-0.39, 0.29) is 6.61 Å². The van der Waals surface area contributed by atoms with Gasteiger partial charge in [0.25, 0.3) is 0 Å². The standard InChI is InChI=1S/C16H21NO3/c18-9-11-20-10-3-8-17-12-15-14-5-2-1-4-13(14)6-7-16(15)19/h1-2,4-7,17-19H,3,8-12H2. The van der Waals surface area contributed by atoms with Crippen LogP contribution in [-0.4, -0.2) is 36.6 Å². The Bertz CT molecular complexity index is 542. The fourth-order valence-corrected chi connectivity index (χ4v) is 2.19. The summed E-state index contributed by atoms with van der Waals surface area (Å²) in [5, 5.41) is 24.1. The smallest absolute Gasteiger partial charge is 0.120 e. The van der Waals surface area contributed by atoms with Gasteiger partial charge >= 0.3 is 0 Å². The number of rotatable bonds is 8. The van der Waals surface area contributed by atoms with Crippen LogP contribution in [-0.2, 0) is 11.3 Å². The zero-order valence-corrected chi connectivity index (χ0v) is 11.5. The van der Waals surface area contributed by atoms with Gasteiger partial charge in [-0.05, 0) is 29.8 Å². The van der Waals surface area contributed by atoms with Crippen LogP contribution in [0.1, 0.15) is 12.0 Å². The molecule has 0 spiro atoms. The minimum Gasteiger partial charge on any atom is -0.508 e. The second-order valence-electron chi connectivity index (χ2n) is 4.65. The average Bonchev–Trinajstić information content (AvgIpc) is 2.48. The highest BCUT2D eigenvalue weighted by Gasteiger charge is 2.05. The third-order valence-electron chi connectivity index (χ3n) is 3.20. The quantitative estimate of drug-likeness (QED) is 0.645. The first kappa shape index (κ1) is 14.8. The summed E-state index contributed by atoms with van der Waals surface area (Å²) in [5.41, 5.74) is 0.930. The number of aliphatic hydroxyl groups excluding tert-OH is 1. The molecule has 0 bridgehead atoms. The lowest BCUT2D eigenvalue weighted by Crippen LogP contribution is -2.17. The van der Waals surface area contributed by atoms with Crippen LogP contribution in [0, 0.1) is 0 Å². The van der Waals surface area contributed by atoms with E-state index in [0.717, 1.165) is 29.3 Å². The normalized spacial score (nSPS) is 11.1. The van der Waals surface area contributed by atoms with Gasteiger partial charge < -0.3 is 20.3 Å². The van der Waals surface area contributed by atoms with Crippen molar-refractivity contribution in [2.75, 3.05) is 26.4 Å². The summed E-state index contributed by atoms with van der Waals surface area (Å²) in [6.45, 7) is 2.54. The molecule has 2 rings (SSSR count). The Morgan fingerprint density at radius 2 is 1.90 bits per heavy atom. The minimum atomic E-state index is 0.0668. The molecule has 2 aromatic rings. The molecule has 0 unspecified atom stereocenters. The zero-order valence-electron chi connectivity index (χ0n) is 11.5. The summed E-state index contributed by atoms with van der Waals surface area (Å²) in [7, 11) is 0. The number of ether oxygens (including phenoxy) is 1. The Labute approximate surface area is 119 Å². The van der Waals surface area contributed by atoms with Gasteiger partial charge in [0, 0.05) is 18.7 Å². The Balaban J connectivity index is 1.88. The third-order valence-corrected chi connectivity index (χ3v) is 3.20. The van der Waals surface area contributed by atoms with E-state index in [4.69, 9.17) is 9.84 Å². The lowest BCUT2D eigenvalue weighted by molar-refractivity contribution is 0.0907. The van der Waals surface area contributed by atoms with Crippen molar-refractivity contribution in [3.8, 4) is 5.75 Å². The van der Waals surface area contributed by atoms with Gasteiger partial charge in [-0.1, -0.05) is 30.3 Å². The predicted octanol–water partition coefficient (Wildman–Crippen LogP) is 2.03. The monoisotopic (exact) mass is 275 g/mol. The minimum absolute atomic E-state index is 0.0668. The predicted molar refractivity (Wildman–Crippen MR) is 79.8 cm³/mol. The molecule has 0 aliphatic carbocycles. The van der Waals surface area contributed by atoms with Crippen molar-refractivity contribution in [2.45, 2.75) is 13.0 Å². The maximum absolute atomic E-state index is 9.99. The molecule has 4 heteroatoms. The molecule has 0 amide bonds. The van der Waals surface area contributed by atoms with Crippen LogP contribution in [0.4, 0.5) is 0 Å². The molecule has 0 heterocycles. The molecule has 2 aromatic carbocycles. The highest BCUT2D eigenvalue weighted by Crippen LogP contribution is 2.26. The number of hydrogen-bond donors (Lipinski definition) is 3. The second kappa shape index (κ2) is 7.85. The van der Waals surface area contributed by atoms with E-state index >= 15 is 0 Å². The van der Waals surface area contributed by atoms with Gasteiger partial charge in [0.2, 0.25) is 0 Å². The van der Waals surface area contributed by atoms with Crippen LogP contribution >= 0.6 is 0 Å². The van der Waals surface area contributed by atoms with Gasteiger partial charge in [0.1, 0.15) is 5.75 Å². The number of aromatic hydroxyl groups is 1. The van der Waals surface area contributed by atoms with Gasteiger partial charge in [-0.3, -0.25) is 0 Å². The summed E-state index contributed by atoms with van der Waals surface area (Å²) in [6.07, 6.45) is 0.880. The second-order valence-corrected chi connectivity index (χ2v) is 4.65. The van der Waals surface area contributed by atoms with Crippen molar-refractivity contribution in [3.63, 3.8) is 0 Å². The van der Waals surface area contributed by atoms with E-state index in [1.165, 1.54) is 0 Å². The Morgan fingerprint density at radius 1 is 1.05 bits per heavy atom. The number of phenolic OH excluding ortho intramolecular Hbond substituents is 1. The van der Waals surface area contributed by atoms with Crippen LogP contribution in [0.25, 0.3) is 10.8 Å². The third kappa shape index (κ3) is 3.93. The number of hydrogen-bond acceptors (Lipinski definition) is 4. The molecule has 4 nitrogen and oxygen atoms in total. The number of benzene rings is 2. The molecule has 0 aliphatic rings. The Hall–Kier alpha value is -1.62. The maximum Gasteiger partial charge on any atom is 0.120 e. The first-order valence-corrected chi connectivity index (χ1v) is 6.92. The summed E-state index contributed by atoms with van der Waals surface area (Å²) in [5.74, 6) is 0.327. The zero-order chi connectivity index (χ0) is 14.2. The SMILES string of the molecule is OCCOCCCNCc1c(O)ccc2ccccc12. The summed E-state index contributed by atoms with van der Waals surface area (Å²) >= 11 is 0. The molecule has 0 atom stereocenters. The molecule has 0 saturated heterocycles. The van der Waals surface area contributed by atoms with Crippen LogP contribution in [0.15, 0.2) is 36.4 Å². The van der Waals surface area contributed by atoms with E-state index in [9.17, 15) is 5.11 Å². The molecule has 0 aliphatic heterocycles. The molecule has 0 radical (unpaired) electrons. The molecule has 3 N–H and O–H groups in total. The van der Waals surface area contributed by atoms with E-state index in [1.807, 2.05) is 30.3 Å². The summed E-state index contributed by atoms with van der Waals surface area (Å²) < 4.78 is 5.19. The van der Waals surface area contributed by atoms with Crippen molar-refractivity contribution in [1.29, 1.82) is 0 Å². The van der Waals surface area contributed by atoms with Gasteiger partial charge in [-0.25, -0.2) is 0 Å². The van der Waals surface area contributed by atoms with Gasteiger partial charge in [-0.15, -0.1) is 0 Å². The van der Waals surface area contributed by atoms with Gasteiger partial charge in [0.05, 0.1) is 13.2 Å². The topological polar surface area (TPSA) is 61.7 Å². The average molecular weight is 275 g/mol. The Morgan fingerprint density at radius 3 is 2.75 bits per heavy atom. The molecule has 20 heavy (non-hydrogen) atoms. The largest absolute Gasteiger partial charge is 0.508 e. The summed E-state index contributed by atoms with van der Waals surface area (Å²) in [6, 6.07) is 11.7. The van der Waals surface area contributed by atoms with Crippen LogP contribution in [0.3, 0.4) is 0 Å². The number of aliphatic hydroxyl groups is 1. The molecule has 0 aromatic heterocycles. The molecular weight excluding hydrogens is 254 g/mol. The molecule has 108 valence electrons. The van der Waals surface area contributed by atoms with E-state index in [0.29, 0.717) is 25.5 Å². The van der Waals surface area contributed by atoms with Crippen LogP contribution in [0.5, 0.6) is 5.75 Å². The highest BCUT2D eigenvalue weighted by atomic mass is 16.5. The van der Waals surface area contributed by atoms with E-state index in [1.54, 1.807) is 6.07 Å². The van der Waals surface area contributed by atoms with Crippen LogP contribution < -0.4 is 5.32 Å². The fraction of sp³-hybridized carbons (Fsp3) is 0.375. The first-order valence-electron chi connectivity index (χ1n) is 6.92. The van der Waals surface area contributed by atoms with Crippen molar-refractivity contribution >= 4 is 10.8 Å². The van der Waals surface area contributed by atoms with Crippen molar-refractivity contribution in [2.24, 2.45) is 0 Å².